The van der Waals surface area contributed by atoms with Crippen molar-refractivity contribution in [1.82, 2.24) is 14.5 Å². The fraction of sp³-hybridized carbons (Fsp3) is 0.333. The fourth-order valence-electron chi connectivity index (χ4n) is 4.95. The van der Waals surface area contributed by atoms with Crippen LogP contribution in [0.25, 0.3) is 11.0 Å². The molecule has 8 nitrogen and oxygen atoms in total. The molecule has 3 amide bonds. The van der Waals surface area contributed by atoms with Crippen LogP contribution in [0.4, 0.5) is 11.6 Å². The van der Waals surface area contributed by atoms with E-state index in [9.17, 15) is 14.4 Å². The number of likely N-dealkylation sites (tertiary alicyclic amines) is 1. The molecule has 0 bridgehead atoms. The maximum Gasteiger partial charge on any atom is 0.247 e. The highest BCUT2D eigenvalue weighted by Gasteiger charge is 2.39. The number of carbonyl (C=O) groups excluding carboxylic acids is 3. The molecule has 1 aromatic heterocycles. The molecule has 1 unspecified atom stereocenters. The molecule has 0 spiro atoms. The van der Waals surface area contributed by atoms with E-state index in [-0.39, 0.29) is 23.6 Å². The van der Waals surface area contributed by atoms with Gasteiger partial charge < -0.3 is 14.8 Å². The van der Waals surface area contributed by atoms with E-state index in [4.69, 9.17) is 0 Å². The van der Waals surface area contributed by atoms with Crippen molar-refractivity contribution in [3.05, 3.63) is 48.5 Å². The molecule has 6 rings (SSSR count). The van der Waals surface area contributed by atoms with Crippen molar-refractivity contribution >= 4 is 52.2 Å². The predicted octanol–water partition coefficient (Wildman–Crippen LogP) is 2.73. The minimum absolute atomic E-state index is 0.0786. The summed E-state index contributed by atoms with van der Waals surface area (Å²) < 4.78 is 2.10. The number of nitrogens with zero attached hydrogens (tertiary/aromatic N) is 4. The number of amides is 3. The second-order valence-corrected chi connectivity index (χ2v) is 9.77. The number of aromatic nitrogens is 2. The van der Waals surface area contributed by atoms with Crippen LogP contribution in [0.2, 0.25) is 0 Å². The smallest absolute Gasteiger partial charge is 0.247 e. The third-order valence-electron chi connectivity index (χ3n) is 6.70. The molecule has 4 heterocycles. The Balaban J connectivity index is 1.12. The van der Waals surface area contributed by atoms with Gasteiger partial charge in [-0.15, -0.1) is 11.8 Å². The summed E-state index contributed by atoms with van der Waals surface area (Å²) in [6.45, 7) is 2.33. The Bertz CT molecular complexity index is 1280. The first kappa shape index (κ1) is 20.3. The summed E-state index contributed by atoms with van der Waals surface area (Å²) in [5, 5.41) is 2.05. The van der Waals surface area contributed by atoms with Crippen molar-refractivity contribution in [3.8, 4) is 0 Å². The summed E-state index contributed by atoms with van der Waals surface area (Å²) >= 11 is 1.30. The van der Waals surface area contributed by atoms with Gasteiger partial charge in [0.2, 0.25) is 23.7 Å². The molecule has 9 heteroatoms. The van der Waals surface area contributed by atoms with Crippen molar-refractivity contribution in [2.24, 2.45) is 5.92 Å². The molecule has 0 saturated carbocycles. The van der Waals surface area contributed by atoms with Crippen molar-refractivity contribution in [3.63, 3.8) is 0 Å². The van der Waals surface area contributed by atoms with Crippen LogP contribution in [0.3, 0.4) is 0 Å². The van der Waals surface area contributed by atoms with Gasteiger partial charge in [-0.3, -0.25) is 19.3 Å². The van der Waals surface area contributed by atoms with E-state index in [0.717, 1.165) is 28.2 Å². The lowest BCUT2D eigenvalue weighted by Crippen LogP contribution is -2.49. The number of imidazole rings is 1. The molecular formula is C24H23N5O3S. The molecule has 33 heavy (non-hydrogen) atoms. The van der Waals surface area contributed by atoms with E-state index in [1.54, 1.807) is 9.80 Å². The number of para-hydroxylation sites is 3. The standard InChI is InChI=1S/C24H23N5O3S/c30-21-20(33-19-8-4-2-6-17(19)25-21)23(32)27-11-9-15(10-12-27)22(31)29-14-13-28-18-7-3-1-5-16(18)26-24(28)29/h1-8,15,20H,9-14H2,(H,25,30). The number of rotatable bonds is 2. The zero-order valence-electron chi connectivity index (χ0n) is 17.9. The number of piperidine rings is 1. The fourth-order valence-corrected chi connectivity index (χ4v) is 6.02. The summed E-state index contributed by atoms with van der Waals surface area (Å²) in [5.41, 5.74) is 2.70. The Morgan fingerprint density at radius 2 is 1.70 bits per heavy atom. The summed E-state index contributed by atoms with van der Waals surface area (Å²) in [6.07, 6.45) is 1.19. The van der Waals surface area contributed by atoms with Crippen LogP contribution in [0.5, 0.6) is 0 Å². The van der Waals surface area contributed by atoms with Gasteiger partial charge in [0.1, 0.15) is 0 Å². The zero-order chi connectivity index (χ0) is 22.5. The van der Waals surface area contributed by atoms with E-state index in [1.807, 2.05) is 48.5 Å². The molecule has 1 fully saturated rings. The van der Waals surface area contributed by atoms with Crippen LogP contribution in [-0.4, -0.2) is 57.1 Å². The number of nitrogens with one attached hydrogen (secondary N) is 1. The van der Waals surface area contributed by atoms with Gasteiger partial charge in [-0.05, 0) is 37.1 Å². The molecule has 0 aliphatic carbocycles. The second-order valence-electron chi connectivity index (χ2n) is 8.62. The Morgan fingerprint density at radius 3 is 2.55 bits per heavy atom. The molecule has 3 aromatic rings. The lowest BCUT2D eigenvalue weighted by atomic mass is 9.95. The van der Waals surface area contributed by atoms with Gasteiger partial charge in [-0.25, -0.2) is 4.98 Å². The molecule has 2 aromatic carbocycles. The summed E-state index contributed by atoms with van der Waals surface area (Å²) in [4.78, 5) is 48.0. The van der Waals surface area contributed by atoms with Gasteiger partial charge >= 0.3 is 0 Å². The quantitative estimate of drug-likeness (QED) is 0.593. The van der Waals surface area contributed by atoms with Crippen LogP contribution < -0.4 is 10.2 Å². The van der Waals surface area contributed by atoms with Gasteiger partial charge in [-0.1, -0.05) is 24.3 Å². The summed E-state index contributed by atoms with van der Waals surface area (Å²) in [6, 6.07) is 15.4. The minimum Gasteiger partial charge on any atom is -0.341 e. The average molecular weight is 462 g/mol. The average Bonchev–Trinajstić information content (AvgIpc) is 3.42. The first-order valence-electron chi connectivity index (χ1n) is 11.2. The third-order valence-corrected chi connectivity index (χ3v) is 7.96. The van der Waals surface area contributed by atoms with Crippen LogP contribution in [0.1, 0.15) is 12.8 Å². The molecular weight excluding hydrogens is 438 g/mol. The predicted molar refractivity (Wildman–Crippen MR) is 126 cm³/mol. The number of benzene rings is 2. The highest BCUT2D eigenvalue weighted by Crippen LogP contribution is 2.37. The summed E-state index contributed by atoms with van der Waals surface area (Å²) in [5.74, 6) is 0.191. The molecule has 1 atom stereocenters. The first-order chi connectivity index (χ1) is 16.1. The third kappa shape index (κ3) is 3.38. The maximum atomic E-state index is 13.3. The Labute approximate surface area is 194 Å². The number of anilines is 2. The van der Waals surface area contributed by atoms with Crippen molar-refractivity contribution < 1.29 is 14.4 Å². The van der Waals surface area contributed by atoms with Crippen LogP contribution >= 0.6 is 11.8 Å². The molecule has 168 valence electrons. The van der Waals surface area contributed by atoms with Gasteiger partial charge in [0.05, 0.1) is 16.7 Å². The number of hydrogen-bond donors (Lipinski definition) is 1. The highest BCUT2D eigenvalue weighted by atomic mass is 32.2. The molecule has 0 radical (unpaired) electrons. The van der Waals surface area contributed by atoms with Crippen molar-refractivity contribution in [2.75, 3.05) is 29.9 Å². The molecule has 1 saturated heterocycles. The largest absolute Gasteiger partial charge is 0.341 e. The lowest BCUT2D eigenvalue weighted by Gasteiger charge is -2.35. The van der Waals surface area contributed by atoms with Crippen molar-refractivity contribution in [2.45, 2.75) is 29.5 Å². The van der Waals surface area contributed by atoms with Gasteiger partial charge in [0.25, 0.3) is 0 Å². The normalized spacial score (nSPS) is 20.5. The maximum absolute atomic E-state index is 13.3. The van der Waals surface area contributed by atoms with Crippen LogP contribution in [0.15, 0.2) is 53.4 Å². The minimum atomic E-state index is -0.786. The SMILES string of the molecule is O=C1Nc2ccccc2SC1C(=O)N1CCC(C(=O)N2CCn3c2nc2ccccc23)CC1. The van der Waals surface area contributed by atoms with E-state index < -0.39 is 5.25 Å². The van der Waals surface area contributed by atoms with Crippen LogP contribution in [0, 0.1) is 5.92 Å². The first-order valence-corrected chi connectivity index (χ1v) is 12.1. The van der Waals surface area contributed by atoms with E-state index in [0.29, 0.717) is 38.4 Å². The van der Waals surface area contributed by atoms with Gasteiger partial charge in [0.15, 0.2) is 5.25 Å². The number of fused-ring (bicyclic) bond motifs is 4. The Hall–Kier alpha value is -3.33. The molecule has 1 N–H and O–H groups in total. The lowest BCUT2D eigenvalue weighted by molar-refractivity contribution is -0.137. The second kappa shape index (κ2) is 7.91. The monoisotopic (exact) mass is 461 g/mol. The zero-order valence-corrected chi connectivity index (χ0v) is 18.8. The Morgan fingerprint density at radius 1 is 0.939 bits per heavy atom. The van der Waals surface area contributed by atoms with Crippen LogP contribution in [-0.2, 0) is 20.9 Å². The topological polar surface area (TPSA) is 87.5 Å². The van der Waals surface area contributed by atoms with Gasteiger partial charge in [0, 0.05) is 37.0 Å². The summed E-state index contributed by atoms with van der Waals surface area (Å²) in [7, 11) is 0. The highest BCUT2D eigenvalue weighted by molar-refractivity contribution is 8.01. The van der Waals surface area contributed by atoms with Crippen molar-refractivity contribution in [1.29, 1.82) is 0 Å². The van der Waals surface area contributed by atoms with E-state index in [1.165, 1.54) is 11.8 Å². The number of hydrogen-bond acceptors (Lipinski definition) is 5. The molecule has 3 aliphatic heterocycles. The van der Waals surface area contributed by atoms with Gasteiger partial charge in [-0.2, -0.15) is 0 Å². The Kier molecular flexibility index (Phi) is 4.86. The number of carbonyl (C=O) groups is 3. The molecule has 3 aliphatic rings. The van der Waals surface area contributed by atoms with E-state index >= 15 is 0 Å². The van der Waals surface area contributed by atoms with E-state index in [2.05, 4.69) is 14.9 Å². The number of thioether (sulfide) groups is 1.